The fourth-order valence-corrected chi connectivity index (χ4v) is 4.28. The second-order valence-electron chi connectivity index (χ2n) is 6.85. The normalized spacial score (nSPS) is 30.6. The molecule has 1 aromatic carbocycles. The van der Waals surface area contributed by atoms with Crippen molar-refractivity contribution in [1.29, 1.82) is 0 Å². The monoisotopic (exact) mass is 362 g/mol. The van der Waals surface area contributed by atoms with Gasteiger partial charge in [-0.15, -0.1) is 0 Å². The second kappa shape index (κ2) is 6.79. The maximum Gasteiger partial charge on any atom is 0.327 e. The molecule has 1 N–H and O–H groups in total. The average molecular weight is 362 g/mol. The van der Waals surface area contributed by atoms with Crippen LogP contribution in [-0.4, -0.2) is 41.9 Å². The molecule has 0 unspecified atom stereocenters. The lowest BCUT2D eigenvalue weighted by Gasteiger charge is -2.32. The van der Waals surface area contributed by atoms with Crippen molar-refractivity contribution in [3.63, 3.8) is 0 Å². The fourth-order valence-electron chi connectivity index (χ4n) is 4.28. The predicted molar refractivity (Wildman–Crippen MR) is 91.3 cm³/mol. The molecule has 0 radical (unpaired) electrons. The Kier molecular flexibility index (Phi) is 4.84. The molecule has 3 rings (SSSR count). The highest BCUT2D eigenvalue weighted by atomic mass is 19.1. The van der Waals surface area contributed by atoms with Gasteiger partial charge in [-0.25, -0.2) is 4.39 Å². The van der Waals surface area contributed by atoms with E-state index in [1.165, 1.54) is 19.2 Å². The molecule has 0 bridgehead atoms. The molecule has 4 atom stereocenters. The number of carbonyl (C=O) groups is 3. The third kappa shape index (κ3) is 2.61. The van der Waals surface area contributed by atoms with Gasteiger partial charge in [-0.2, -0.15) is 0 Å². The van der Waals surface area contributed by atoms with E-state index >= 15 is 0 Å². The maximum absolute atomic E-state index is 13.3. The number of hydrogen-bond acceptors (Lipinski definition) is 5. The first-order chi connectivity index (χ1) is 12.4. The molecule has 0 saturated carbocycles. The Bertz CT molecular complexity index is 736. The van der Waals surface area contributed by atoms with E-state index < -0.39 is 29.4 Å². The smallest absolute Gasteiger partial charge is 0.327 e. The molecule has 140 valence electrons. The Hall–Kier alpha value is -2.28. The molecule has 2 amide bonds. The molecule has 2 fully saturated rings. The topological polar surface area (TPSA) is 75.7 Å². The highest BCUT2D eigenvalue weighted by Crippen LogP contribution is 2.50. The Labute approximate surface area is 151 Å². The van der Waals surface area contributed by atoms with E-state index in [-0.39, 0.29) is 24.2 Å². The lowest BCUT2D eigenvalue weighted by Crippen LogP contribution is -2.56. The highest BCUT2D eigenvalue weighted by Gasteiger charge is 2.67. The molecular weight excluding hydrogens is 339 g/mol. The van der Waals surface area contributed by atoms with Gasteiger partial charge in [0, 0.05) is 13.1 Å². The van der Waals surface area contributed by atoms with Gasteiger partial charge in [0.2, 0.25) is 11.8 Å². The first-order valence-electron chi connectivity index (χ1n) is 8.89. The standard InChI is InChI=1S/C19H23FN2O4/c1-4-10-19(18(25)26-5-2)14-13(16(23)22(3)17(14)24)15(21-19)11-6-8-12(20)9-7-11/h6-9,13-15,21H,4-5,10H2,1-3H3/t13-,14+,15-,19+/m1/s1. The SMILES string of the molecule is CCC[C@]1(C(=O)OCC)N[C@H](c2ccc(F)cc2)[C@@H]2C(=O)N(C)C(=O)[C@H]21. The minimum Gasteiger partial charge on any atom is -0.465 e. The number of amides is 2. The number of esters is 1. The van der Waals surface area contributed by atoms with E-state index in [2.05, 4.69) is 5.32 Å². The number of hydrogen-bond donors (Lipinski definition) is 1. The number of fused-ring (bicyclic) bond motifs is 1. The maximum atomic E-state index is 13.3. The quantitative estimate of drug-likeness (QED) is 0.639. The number of ether oxygens (including phenoxy) is 1. The Balaban J connectivity index is 2.11. The van der Waals surface area contributed by atoms with Gasteiger partial charge in [-0.05, 0) is 31.0 Å². The fraction of sp³-hybridized carbons (Fsp3) is 0.526. The van der Waals surface area contributed by atoms with Crippen molar-refractivity contribution in [2.75, 3.05) is 13.7 Å². The van der Waals surface area contributed by atoms with E-state index in [1.807, 2.05) is 6.92 Å². The molecule has 0 aromatic heterocycles. The summed E-state index contributed by atoms with van der Waals surface area (Å²) in [4.78, 5) is 39.5. The van der Waals surface area contributed by atoms with Gasteiger partial charge >= 0.3 is 5.97 Å². The van der Waals surface area contributed by atoms with E-state index in [1.54, 1.807) is 19.1 Å². The van der Waals surface area contributed by atoms with E-state index in [4.69, 9.17) is 4.74 Å². The van der Waals surface area contributed by atoms with Crippen LogP contribution in [0, 0.1) is 17.7 Å². The van der Waals surface area contributed by atoms with Crippen LogP contribution in [0.15, 0.2) is 24.3 Å². The number of benzene rings is 1. The van der Waals surface area contributed by atoms with Crippen molar-refractivity contribution in [2.45, 2.75) is 38.3 Å². The molecule has 2 heterocycles. The van der Waals surface area contributed by atoms with Crippen LogP contribution in [0.2, 0.25) is 0 Å². The van der Waals surface area contributed by atoms with Gasteiger partial charge in [-0.1, -0.05) is 25.5 Å². The molecule has 7 heteroatoms. The third-order valence-corrected chi connectivity index (χ3v) is 5.39. The van der Waals surface area contributed by atoms with Gasteiger partial charge in [0.15, 0.2) is 0 Å². The lowest BCUT2D eigenvalue weighted by molar-refractivity contribution is -0.156. The van der Waals surface area contributed by atoms with Crippen molar-refractivity contribution >= 4 is 17.8 Å². The largest absolute Gasteiger partial charge is 0.465 e. The molecule has 0 spiro atoms. The molecule has 26 heavy (non-hydrogen) atoms. The van der Waals surface area contributed by atoms with Crippen LogP contribution in [0.25, 0.3) is 0 Å². The zero-order valence-corrected chi connectivity index (χ0v) is 15.1. The number of nitrogens with zero attached hydrogens (tertiary/aromatic N) is 1. The average Bonchev–Trinajstić information content (AvgIpc) is 3.07. The van der Waals surface area contributed by atoms with Crippen molar-refractivity contribution in [3.05, 3.63) is 35.6 Å². The van der Waals surface area contributed by atoms with Crippen molar-refractivity contribution in [3.8, 4) is 0 Å². The predicted octanol–water partition coefficient (Wildman–Crippen LogP) is 1.80. The van der Waals surface area contributed by atoms with E-state index in [0.717, 1.165) is 4.90 Å². The number of rotatable bonds is 5. The summed E-state index contributed by atoms with van der Waals surface area (Å²) in [5.74, 6) is -3.15. The van der Waals surface area contributed by atoms with Crippen molar-refractivity contribution in [1.82, 2.24) is 10.2 Å². The summed E-state index contributed by atoms with van der Waals surface area (Å²) in [6.07, 6.45) is 1.01. The highest BCUT2D eigenvalue weighted by molar-refractivity contribution is 6.09. The van der Waals surface area contributed by atoms with Gasteiger partial charge in [0.25, 0.3) is 0 Å². The summed E-state index contributed by atoms with van der Waals surface area (Å²) in [6.45, 7) is 3.80. The molecule has 2 aliphatic heterocycles. The van der Waals surface area contributed by atoms with Crippen molar-refractivity contribution in [2.24, 2.45) is 11.8 Å². The third-order valence-electron chi connectivity index (χ3n) is 5.39. The summed E-state index contributed by atoms with van der Waals surface area (Å²) in [5.41, 5.74) is -0.591. The van der Waals surface area contributed by atoms with Crippen LogP contribution in [0.5, 0.6) is 0 Å². The molecule has 6 nitrogen and oxygen atoms in total. The van der Waals surface area contributed by atoms with Crippen LogP contribution < -0.4 is 5.32 Å². The zero-order chi connectivity index (χ0) is 19.1. The molecule has 2 aliphatic rings. The first kappa shape index (κ1) is 18.5. The number of imide groups is 1. The van der Waals surface area contributed by atoms with E-state index in [9.17, 15) is 18.8 Å². The van der Waals surface area contributed by atoms with Crippen LogP contribution >= 0.6 is 0 Å². The van der Waals surface area contributed by atoms with Crippen LogP contribution in [-0.2, 0) is 19.1 Å². The minimum absolute atomic E-state index is 0.183. The Morgan fingerprint density at radius 3 is 2.46 bits per heavy atom. The van der Waals surface area contributed by atoms with E-state index in [0.29, 0.717) is 18.4 Å². The lowest BCUT2D eigenvalue weighted by atomic mass is 9.77. The molecule has 1 aromatic rings. The van der Waals surface area contributed by atoms with Gasteiger partial charge in [0.1, 0.15) is 11.4 Å². The number of carbonyl (C=O) groups excluding carboxylic acids is 3. The van der Waals surface area contributed by atoms with Crippen LogP contribution in [0.4, 0.5) is 4.39 Å². The number of nitrogens with one attached hydrogen (secondary N) is 1. The molecular formula is C19H23FN2O4. The molecule has 2 saturated heterocycles. The Morgan fingerprint density at radius 1 is 1.23 bits per heavy atom. The number of likely N-dealkylation sites (tertiary alicyclic amines) is 1. The summed E-state index contributed by atoms with van der Waals surface area (Å²) in [5, 5.41) is 3.24. The van der Waals surface area contributed by atoms with Gasteiger partial charge < -0.3 is 4.74 Å². The van der Waals surface area contributed by atoms with Gasteiger partial charge in [0.05, 0.1) is 18.4 Å². The number of halogens is 1. The zero-order valence-electron chi connectivity index (χ0n) is 15.1. The first-order valence-corrected chi connectivity index (χ1v) is 8.89. The van der Waals surface area contributed by atoms with Crippen LogP contribution in [0.1, 0.15) is 38.3 Å². The summed E-state index contributed by atoms with van der Waals surface area (Å²) in [6, 6.07) is 5.21. The molecule has 0 aliphatic carbocycles. The van der Waals surface area contributed by atoms with Gasteiger partial charge in [-0.3, -0.25) is 24.6 Å². The summed E-state index contributed by atoms with van der Waals surface area (Å²) < 4.78 is 18.6. The minimum atomic E-state index is -1.26. The summed E-state index contributed by atoms with van der Waals surface area (Å²) in [7, 11) is 1.44. The Morgan fingerprint density at radius 2 is 1.88 bits per heavy atom. The second-order valence-corrected chi connectivity index (χ2v) is 6.85. The van der Waals surface area contributed by atoms with Crippen molar-refractivity contribution < 1.29 is 23.5 Å². The summed E-state index contributed by atoms with van der Waals surface area (Å²) >= 11 is 0. The van der Waals surface area contributed by atoms with Crippen LogP contribution in [0.3, 0.4) is 0 Å².